The van der Waals surface area contributed by atoms with Crippen molar-refractivity contribution in [2.45, 2.75) is 56.7 Å². The van der Waals surface area contributed by atoms with E-state index < -0.39 is 5.97 Å². The van der Waals surface area contributed by atoms with E-state index in [1.54, 1.807) is 12.1 Å². The van der Waals surface area contributed by atoms with Crippen LogP contribution in [0.25, 0.3) is 0 Å². The Morgan fingerprint density at radius 1 is 1.29 bits per heavy atom. The number of likely N-dealkylation sites (tertiary alicyclic amines) is 1. The first-order chi connectivity index (χ1) is 13.5. The number of hydrogen-bond acceptors (Lipinski definition) is 6. The quantitative estimate of drug-likeness (QED) is 0.534. The Morgan fingerprint density at radius 3 is 2.79 bits per heavy atom. The Bertz CT molecular complexity index is 829. The fourth-order valence-electron chi connectivity index (χ4n) is 3.38. The average Bonchev–Trinajstić information content (AvgIpc) is 3.02. The third-order valence-corrected chi connectivity index (χ3v) is 6.21. The highest BCUT2D eigenvalue weighted by Gasteiger charge is 2.24. The minimum absolute atomic E-state index is 0.124. The smallest absolute Gasteiger partial charge is 0.339 e. The SMILES string of the molecule is Cc1noc(C)c1CSc1ccccc1C(=O)OCC(=O)N1CCCC[C@@H]1C. The topological polar surface area (TPSA) is 72.6 Å². The maximum Gasteiger partial charge on any atom is 0.339 e. The first-order valence-electron chi connectivity index (χ1n) is 9.57. The molecule has 3 rings (SSSR count). The van der Waals surface area contributed by atoms with Gasteiger partial charge in [-0.05, 0) is 52.2 Å². The number of ether oxygens (including phenoxy) is 1. The molecule has 1 atom stereocenters. The third-order valence-electron chi connectivity index (χ3n) is 5.11. The minimum Gasteiger partial charge on any atom is -0.452 e. The first kappa shape index (κ1) is 20.5. The molecular weight excluding hydrogens is 376 g/mol. The van der Waals surface area contributed by atoms with Gasteiger partial charge in [-0.25, -0.2) is 4.79 Å². The summed E-state index contributed by atoms with van der Waals surface area (Å²) in [4.78, 5) is 27.6. The van der Waals surface area contributed by atoms with Crippen molar-refractivity contribution in [2.24, 2.45) is 0 Å². The molecule has 28 heavy (non-hydrogen) atoms. The minimum atomic E-state index is -0.472. The second kappa shape index (κ2) is 9.28. The number of nitrogens with zero attached hydrogens (tertiary/aromatic N) is 2. The third kappa shape index (κ3) is 4.76. The van der Waals surface area contributed by atoms with Gasteiger partial charge in [0.2, 0.25) is 0 Å². The molecule has 1 amide bonds. The van der Waals surface area contributed by atoms with E-state index in [0.717, 1.165) is 47.7 Å². The van der Waals surface area contributed by atoms with Crippen molar-refractivity contribution < 1.29 is 18.8 Å². The lowest BCUT2D eigenvalue weighted by atomic mass is 10.0. The molecule has 6 nitrogen and oxygen atoms in total. The second-order valence-corrected chi connectivity index (χ2v) is 8.11. The molecule has 1 aliphatic rings. The zero-order valence-electron chi connectivity index (χ0n) is 16.6. The van der Waals surface area contributed by atoms with Crippen LogP contribution >= 0.6 is 11.8 Å². The van der Waals surface area contributed by atoms with Gasteiger partial charge in [-0.1, -0.05) is 17.3 Å². The first-order valence-corrected chi connectivity index (χ1v) is 10.6. The molecule has 0 aliphatic carbocycles. The Balaban J connectivity index is 1.61. The van der Waals surface area contributed by atoms with Crippen LogP contribution in [0, 0.1) is 13.8 Å². The monoisotopic (exact) mass is 402 g/mol. The van der Waals surface area contributed by atoms with Crippen LogP contribution in [0.15, 0.2) is 33.7 Å². The van der Waals surface area contributed by atoms with Gasteiger partial charge in [0, 0.05) is 28.8 Å². The van der Waals surface area contributed by atoms with Crippen molar-refractivity contribution in [3.05, 3.63) is 46.8 Å². The van der Waals surface area contributed by atoms with Crippen LogP contribution in [0.5, 0.6) is 0 Å². The number of carbonyl (C=O) groups excluding carboxylic acids is 2. The molecule has 0 unspecified atom stereocenters. The molecule has 1 aromatic heterocycles. The molecule has 0 spiro atoms. The van der Waals surface area contributed by atoms with E-state index in [2.05, 4.69) is 5.16 Å². The summed E-state index contributed by atoms with van der Waals surface area (Å²) in [6.45, 7) is 6.34. The standard InChI is InChI=1S/C21H26N2O4S/c1-14-8-6-7-11-23(14)20(24)12-26-21(25)17-9-4-5-10-19(17)28-13-18-15(2)22-27-16(18)3/h4-5,9-10,14H,6-8,11-13H2,1-3H3/t14-/m0/s1. The second-order valence-electron chi connectivity index (χ2n) is 7.10. The van der Waals surface area contributed by atoms with Crippen LogP contribution in [-0.2, 0) is 15.3 Å². The molecule has 1 aliphatic heterocycles. The van der Waals surface area contributed by atoms with E-state index in [-0.39, 0.29) is 18.6 Å². The van der Waals surface area contributed by atoms with Crippen molar-refractivity contribution in [3.8, 4) is 0 Å². The Labute approximate surface area is 169 Å². The number of benzene rings is 1. The van der Waals surface area contributed by atoms with E-state index in [1.807, 2.05) is 37.8 Å². The molecular formula is C21H26N2O4S. The highest BCUT2D eigenvalue weighted by atomic mass is 32.2. The van der Waals surface area contributed by atoms with Crippen LogP contribution in [-0.4, -0.2) is 41.1 Å². The molecule has 7 heteroatoms. The zero-order chi connectivity index (χ0) is 20.1. The number of piperidine rings is 1. The molecule has 2 heterocycles. The Kier molecular flexibility index (Phi) is 6.78. The number of rotatable bonds is 6. The lowest BCUT2D eigenvalue weighted by molar-refractivity contribution is -0.137. The van der Waals surface area contributed by atoms with Gasteiger partial charge >= 0.3 is 5.97 Å². The van der Waals surface area contributed by atoms with Gasteiger partial charge in [0.25, 0.3) is 5.91 Å². The molecule has 0 radical (unpaired) electrons. The summed E-state index contributed by atoms with van der Waals surface area (Å²) < 4.78 is 10.5. The summed E-state index contributed by atoms with van der Waals surface area (Å²) in [7, 11) is 0. The van der Waals surface area contributed by atoms with Gasteiger partial charge in [0.05, 0.1) is 11.3 Å². The highest BCUT2D eigenvalue weighted by Crippen LogP contribution is 2.29. The number of amides is 1. The van der Waals surface area contributed by atoms with Crippen LogP contribution in [0.3, 0.4) is 0 Å². The summed E-state index contributed by atoms with van der Waals surface area (Å²) in [5, 5.41) is 3.96. The van der Waals surface area contributed by atoms with E-state index >= 15 is 0 Å². The average molecular weight is 403 g/mol. The van der Waals surface area contributed by atoms with E-state index in [4.69, 9.17) is 9.26 Å². The summed E-state index contributed by atoms with van der Waals surface area (Å²) in [5.74, 6) is 0.836. The van der Waals surface area contributed by atoms with Crippen LogP contribution in [0.4, 0.5) is 0 Å². The fraction of sp³-hybridized carbons (Fsp3) is 0.476. The number of hydrogen-bond donors (Lipinski definition) is 0. The van der Waals surface area contributed by atoms with Crippen molar-refractivity contribution >= 4 is 23.6 Å². The molecule has 2 aromatic rings. The van der Waals surface area contributed by atoms with Gasteiger partial charge in [0.15, 0.2) is 6.61 Å². The summed E-state index contributed by atoms with van der Waals surface area (Å²) in [5.41, 5.74) is 2.35. The lowest BCUT2D eigenvalue weighted by Gasteiger charge is -2.33. The van der Waals surface area contributed by atoms with E-state index in [1.165, 1.54) is 11.8 Å². The van der Waals surface area contributed by atoms with E-state index in [9.17, 15) is 9.59 Å². The maximum atomic E-state index is 12.6. The normalized spacial score (nSPS) is 16.8. The Hall–Kier alpha value is -2.28. The van der Waals surface area contributed by atoms with Gasteiger partial charge in [-0.2, -0.15) is 0 Å². The summed E-state index contributed by atoms with van der Waals surface area (Å²) in [6.07, 6.45) is 3.15. The largest absolute Gasteiger partial charge is 0.452 e. The maximum absolute atomic E-state index is 12.6. The van der Waals surface area contributed by atoms with Gasteiger partial charge in [-0.3, -0.25) is 4.79 Å². The predicted octanol–water partition coefficient (Wildman–Crippen LogP) is 4.14. The molecule has 1 fully saturated rings. The number of thioether (sulfide) groups is 1. The van der Waals surface area contributed by atoms with Gasteiger partial charge < -0.3 is 14.2 Å². The van der Waals surface area contributed by atoms with Gasteiger partial charge in [-0.15, -0.1) is 11.8 Å². The summed E-state index contributed by atoms with van der Waals surface area (Å²) >= 11 is 1.53. The van der Waals surface area contributed by atoms with Crippen LogP contribution in [0.2, 0.25) is 0 Å². The summed E-state index contributed by atoms with van der Waals surface area (Å²) in [6, 6.07) is 7.50. The molecule has 1 aromatic carbocycles. The van der Waals surface area contributed by atoms with Gasteiger partial charge in [0.1, 0.15) is 5.76 Å². The van der Waals surface area contributed by atoms with E-state index in [0.29, 0.717) is 11.3 Å². The van der Waals surface area contributed by atoms with Crippen LogP contribution in [0.1, 0.15) is 53.6 Å². The zero-order valence-corrected chi connectivity index (χ0v) is 17.4. The number of aromatic nitrogens is 1. The van der Waals surface area contributed by atoms with Crippen molar-refractivity contribution in [2.75, 3.05) is 13.2 Å². The molecule has 0 N–H and O–H groups in total. The Morgan fingerprint density at radius 2 is 2.07 bits per heavy atom. The number of aryl methyl sites for hydroxylation is 2. The van der Waals surface area contributed by atoms with Crippen LogP contribution < -0.4 is 0 Å². The highest BCUT2D eigenvalue weighted by molar-refractivity contribution is 7.98. The molecule has 0 saturated carbocycles. The fourth-order valence-corrected chi connectivity index (χ4v) is 4.57. The molecule has 1 saturated heterocycles. The van der Waals surface area contributed by atoms with Crippen molar-refractivity contribution in [1.29, 1.82) is 0 Å². The number of carbonyl (C=O) groups is 2. The van der Waals surface area contributed by atoms with Crippen molar-refractivity contribution in [3.63, 3.8) is 0 Å². The molecule has 0 bridgehead atoms. The van der Waals surface area contributed by atoms with Crippen molar-refractivity contribution in [1.82, 2.24) is 10.1 Å². The molecule has 150 valence electrons. The number of esters is 1. The predicted molar refractivity (Wildman–Crippen MR) is 107 cm³/mol. The lowest BCUT2D eigenvalue weighted by Crippen LogP contribution is -2.44.